The zero-order valence-corrected chi connectivity index (χ0v) is 19.3. The van der Waals surface area contributed by atoms with E-state index in [2.05, 4.69) is 27.0 Å². The predicted octanol–water partition coefficient (Wildman–Crippen LogP) is 4.09. The number of carbonyl (C=O) groups is 2. The van der Waals surface area contributed by atoms with Gasteiger partial charge in [-0.1, -0.05) is 45.2 Å². The Morgan fingerprint density at radius 3 is 1.70 bits per heavy atom. The molecule has 0 bridgehead atoms. The van der Waals surface area contributed by atoms with Crippen LogP contribution in [0.3, 0.4) is 0 Å². The second-order valence-electron chi connectivity index (χ2n) is 7.60. The molecular formula is C25H32O8. The van der Waals surface area contributed by atoms with E-state index in [9.17, 15) is 19.8 Å². The number of aliphatic hydroxyl groups excluding tert-OH is 1. The van der Waals surface area contributed by atoms with Crippen molar-refractivity contribution in [1.82, 2.24) is 0 Å². The van der Waals surface area contributed by atoms with Gasteiger partial charge in [-0.05, 0) is 49.2 Å². The molecule has 8 heteroatoms. The Kier molecular flexibility index (Phi) is 12.0. The van der Waals surface area contributed by atoms with Crippen LogP contribution in [0.15, 0.2) is 66.8 Å². The minimum Gasteiger partial charge on any atom is -0.508 e. The molecular weight excluding hydrogens is 428 g/mol. The Hall–Kier alpha value is -3.78. The van der Waals surface area contributed by atoms with Crippen LogP contribution in [-0.4, -0.2) is 50.7 Å². The van der Waals surface area contributed by atoms with Crippen molar-refractivity contribution in [2.45, 2.75) is 33.1 Å². The summed E-state index contributed by atoms with van der Waals surface area (Å²) >= 11 is 0. The molecule has 0 amide bonds. The van der Waals surface area contributed by atoms with Gasteiger partial charge in [0.05, 0.1) is 6.61 Å². The molecule has 0 spiro atoms. The summed E-state index contributed by atoms with van der Waals surface area (Å²) in [5.41, 5.74) is 2.06. The number of rotatable bonds is 7. The number of phenolic OH excluding ortho intramolecular Hbond substituents is 2. The standard InChI is InChI=1S/C17H20O4.2C4H6O2/c1-17(2,12-3-6-14(19)7-4-12)13-5-8-15(20)16(11-13)21-10-9-18;2*1-3(2)4(5)6/h3-8,11,18-20H,9-10H2,1-2H3;2*1H2,2H3,(H,5,6). The van der Waals surface area contributed by atoms with Crippen LogP contribution in [0.25, 0.3) is 0 Å². The van der Waals surface area contributed by atoms with Crippen molar-refractivity contribution >= 4 is 11.9 Å². The molecule has 180 valence electrons. The van der Waals surface area contributed by atoms with E-state index in [4.69, 9.17) is 20.1 Å². The lowest BCUT2D eigenvalue weighted by Gasteiger charge is -2.26. The number of phenols is 2. The Labute approximate surface area is 193 Å². The third kappa shape index (κ3) is 10.4. The average Bonchev–Trinajstić information content (AvgIpc) is 2.74. The molecule has 0 unspecified atom stereocenters. The molecule has 0 heterocycles. The topological polar surface area (TPSA) is 145 Å². The monoisotopic (exact) mass is 460 g/mol. The molecule has 0 radical (unpaired) electrons. The SMILES string of the molecule is C=C(C)C(=O)O.C=C(C)C(=O)O.CC(C)(c1ccc(O)cc1)c1ccc(O)c(OCCO)c1. The van der Waals surface area contributed by atoms with E-state index < -0.39 is 11.9 Å². The minimum atomic E-state index is -0.935. The molecule has 8 nitrogen and oxygen atoms in total. The lowest BCUT2D eigenvalue weighted by atomic mass is 9.78. The van der Waals surface area contributed by atoms with Gasteiger partial charge in [-0.25, -0.2) is 9.59 Å². The van der Waals surface area contributed by atoms with Crippen molar-refractivity contribution in [3.05, 3.63) is 77.9 Å². The molecule has 2 aromatic carbocycles. The molecule has 33 heavy (non-hydrogen) atoms. The van der Waals surface area contributed by atoms with Crippen LogP contribution in [0.4, 0.5) is 0 Å². The van der Waals surface area contributed by atoms with Gasteiger partial charge < -0.3 is 30.3 Å². The van der Waals surface area contributed by atoms with Crippen molar-refractivity contribution in [1.29, 1.82) is 0 Å². The quantitative estimate of drug-likeness (QED) is 0.389. The highest BCUT2D eigenvalue weighted by molar-refractivity contribution is 5.85. The van der Waals surface area contributed by atoms with Crippen LogP contribution in [0.2, 0.25) is 0 Å². The number of benzene rings is 2. The van der Waals surface area contributed by atoms with Crippen LogP contribution in [0, 0.1) is 0 Å². The van der Waals surface area contributed by atoms with Gasteiger partial charge in [0.1, 0.15) is 12.4 Å². The van der Waals surface area contributed by atoms with Crippen molar-refractivity contribution in [3.63, 3.8) is 0 Å². The van der Waals surface area contributed by atoms with Crippen LogP contribution in [0.5, 0.6) is 17.2 Å². The molecule has 0 saturated carbocycles. The summed E-state index contributed by atoms with van der Waals surface area (Å²) in [4.78, 5) is 19.2. The summed E-state index contributed by atoms with van der Waals surface area (Å²) < 4.78 is 5.34. The Balaban J connectivity index is 0.000000705. The van der Waals surface area contributed by atoms with E-state index in [1.165, 1.54) is 13.8 Å². The fraction of sp³-hybridized carbons (Fsp3) is 0.280. The second kappa shape index (κ2) is 13.6. The summed E-state index contributed by atoms with van der Waals surface area (Å²) in [6, 6.07) is 12.3. The van der Waals surface area contributed by atoms with Crippen LogP contribution in [-0.2, 0) is 15.0 Å². The van der Waals surface area contributed by atoms with Crippen LogP contribution >= 0.6 is 0 Å². The number of aliphatic hydroxyl groups is 1. The summed E-state index contributed by atoms with van der Waals surface area (Å²) in [6.07, 6.45) is 0. The molecule has 5 N–H and O–H groups in total. The third-order valence-corrected chi connectivity index (χ3v) is 4.35. The number of ether oxygens (including phenoxy) is 1. The summed E-state index contributed by atoms with van der Waals surface area (Å²) in [5.74, 6) is -1.24. The normalized spacial score (nSPS) is 9.97. The second-order valence-corrected chi connectivity index (χ2v) is 7.60. The largest absolute Gasteiger partial charge is 0.508 e. The van der Waals surface area contributed by atoms with E-state index in [0.717, 1.165) is 11.1 Å². The van der Waals surface area contributed by atoms with E-state index in [1.807, 2.05) is 18.2 Å². The van der Waals surface area contributed by atoms with Gasteiger partial charge in [-0.15, -0.1) is 0 Å². The first kappa shape index (κ1) is 29.2. The molecule has 0 aliphatic rings. The van der Waals surface area contributed by atoms with Gasteiger partial charge in [0.25, 0.3) is 0 Å². The Morgan fingerprint density at radius 2 is 1.30 bits per heavy atom. The molecule has 0 saturated heterocycles. The average molecular weight is 461 g/mol. The number of hydrogen-bond acceptors (Lipinski definition) is 6. The fourth-order valence-electron chi connectivity index (χ4n) is 2.22. The summed E-state index contributed by atoms with van der Waals surface area (Å²) in [5, 5.41) is 43.8. The highest BCUT2D eigenvalue weighted by atomic mass is 16.5. The van der Waals surface area contributed by atoms with E-state index in [0.29, 0.717) is 5.75 Å². The van der Waals surface area contributed by atoms with Crippen LogP contribution < -0.4 is 4.74 Å². The van der Waals surface area contributed by atoms with Gasteiger partial charge >= 0.3 is 11.9 Å². The number of carboxylic acids is 2. The zero-order valence-electron chi connectivity index (χ0n) is 19.3. The molecule has 0 aliphatic carbocycles. The molecule has 0 fully saturated rings. The maximum Gasteiger partial charge on any atom is 0.330 e. The minimum absolute atomic E-state index is 0.0497. The van der Waals surface area contributed by atoms with E-state index in [-0.39, 0.29) is 41.3 Å². The van der Waals surface area contributed by atoms with Gasteiger partial charge in [0, 0.05) is 16.6 Å². The van der Waals surface area contributed by atoms with Gasteiger partial charge in [-0.3, -0.25) is 0 Å². The van der Waals surface area contributed by atoms with Crippen LogP contribution in [0.1, 0.15) is 38.8 Å². The number of hydrogen-bond donors (Lipinski definition) is 5. The highest BCUT2D eigenvalue weighted by Gasteiger charge is 2.24. The predicted molar refractivity (Wildman–Crippen MR) is 126 cm³/mol. The maximum atomic E-state index is 9.79. The number of aliphatic carboxylic acids is 2. The molecule has 0 atom stereocenters. The van der Waals surface area contributed by atoms with Crippen molar-refractivity contribution in [2.75, 3.05) is 13.2 Å². The first-order valence-electron chi connectivity index (χ1n) is 9.88. The summed E-state index contributed by atoms with van der Waals surface area (Å²) in [6.45, 7) is 13.3. The smallest absolute Gasteiger partial charge is 0.330 e. The zero-order chi connectivity index (χ0) is 25.8. The number of carboxylic acid groups (broad SMARTS) is 2. The molecule has 2 aromatic rings. The highest BCUT2D eigenvalue weighted by Crippen LogP contribution is 2.37. The van der Waals surface area contributed by atoms with Gasteiger partial charge in [-0.2, -0.15) is 0 Å². The number of aromatic hydroxyl groups is 2. The molecule has 2 rings (SSSR count). The van der Waals surface area contributed by atoms with E-state index in [1.54, 1.807) is 24.3 Å². The van der Waals surface area contributed by atoms with E-state index >= 15 is 0 Å². The lowest BCUT2D eigenvalue weighted by Crippen LogP contribution is -2.19. The molecule has 0 aliphatic heterocycles. The molecule has 0 aromatic heterocycles. The fourth-order valence-corrected chi connectivity index (χ4v) is 2.22. The maximum absolute atomic E-state index is 9.79. The lowest BCUT2D eigenvalue weighted by molar-refractivity contribution is -0.133. The Morgan fingerprint density at radius 1 is 0.879 bits per heavy atom. The van der Waals surface area contributed by atoms with Crippen molar-refractivity contribution in [3.8, 4) is 17.2 Å². The third-order valence-electron chi connectivity index (χ3n) is 4.35. The van der Waals surface area contributed by atoms with Crippen molar-refractivity contribution < 1.29 is 39.9 Å². The van der Waals surface area contributed by atoms with Gasteiger partial charge in [0.2, 0.25) is 0 Å². The first-order valence-corrected chi connectivity index (χ1v) is 9.88. The Bertz CT molecular complexity index is 911. The summed E-state index contributed by atoms with van der Waals surface area (Å²) in [7, 11) is 0. The van der Waals surface area contributed by atoms with Gasteiger partial charge in [0.15, 0.2) is 11.5 Å². The first-order chi connectivity index (χ1) is 15.2. The van der Waals surface area contributed by atoms with Crippen molar-refractivity contribution in [2.24, 2.45) is 0 Å².